The van der Waals surface area contributed by atoms with Crippen LogP contribution < -0.4 is 0 Å². The zero-order valence-electron chi connectivity index (χ0n) is 9.81. The van der Waals surface area contributed by atoms with Crippen LogP contribution >= 0.6 is 0 Å². The first-order chi connectivity index (χ1) is 8.15. The fourth-order valence-electron chi connectivity index (χ4n) is 1.53. The highest BCUT2D eigenvalue weighted by molar-refractivity contribution is 5.94. The van der Waals surface area contributed by atoms with E-state index in [9.17, 15) is 4.79 Å². The fourth-order valence-corrected chi connectivity index (χ4v) is 1.53. The van der Waals surface area contributed by atoms with Crippen LogP contribution in [0.3, 0.4) is 0 Å². The molecule has 88 valence electrons. The van der Waals surface area contributed by atoms with Crippen LogP contribution in [0.15, 0.2) is 12.5 Å². The normalized spacial score (nSPS) is 10.3. The molecule has 0 saturated carbocycles. The highest BCUT2D eigenvalue weighted by Gasteiger charge is 2.18. The van der Waals surface area contributed by atoms with Crippen LogP contribution in [-0.2, 0) is 4.74 Å². The lowest BCUT2D eigenvalue weighted by atomic mass is 10.1. The van der Waals surface area contributed by atoms with Crippen molar-refractivity contribution in [1.29, 1.82) is 0 Å². The topological polar surface area (TPSA) is 80.8 Å². The monoisotopic (exact) mass is 232 g/mol. The summed E-state index contributed by atoms with van der Waals surface area (Å²) < 4.78 is 4.67. The maximum absolute atomic E-state index is 11.5. The average molecular weight is 232 g/mol. The van der Waals surface area contributed by atoms with E-state index in [4.69, 9.17) is 0 Å². The lowest BCUT2D eigenvalue weighted by Crippen LogP contribution is -2.05. The Morgan fingerprint density at radius 2 is 2.12 bits per heavy atom. The van der Waals surface area contributed by atoms with Gasteiger partial charge in [0.05, 0.1) is 24.6 Å². The van der Waals surface area contributed by atoms with Gasteiger partial charge in [-0.15, -0.1) is 0 Å². The number of hydrogen-bond acceptors (Lipinski definition) is 5. The first-order valence-corrected chi connectivity index (χ1v) is 5.05. The molecular formula is C11H12N4O2. The van der Waals surface area contributed by atoms with Crippen LogP contribution in [0.25, 0.3) is 11.3 Å². The summed E-state index contributed by atoms with van der Waals surface area (Å²) in [6.45, 7) is 3.79. The second kappa shape index (κ2) is 4.32. The van der Waals surface area contributed by atoms with E-state index >= 15 is 0 Å². The zero-order valence-corrected chi connectivity index (χ0v) is 9.81. The summed E-state index contributed by atoms with van der Waals surface area (Å²) in [5, 5.41) is 6.47. The first kappa shape index (κ1) is 11.3. The number of esters is 1. The number of aromatic nitrogens is 4. The summed E-state index contributed by atoms with van der Waals surface area (Å²) in [7, 11) is 1.32. The van der Waals surface area contributed by atoms with Gasteiger partial charge in [-0.1, -0.05) is 0 Å². The van der Waals surface area contributed by atoms with E-state index in [0.29, 0.717) is 17.0 Å². The number of nitrogens with zero attached hydrogens (tertiary/aromatic N) is 3. The van der Waals surface area contributed by atoms with Crippen molar-refractivity contribution >= 4 is 5.97 Å². The Hall–Kier alpha value is -2.24. The largest absolute Gasteiger partial charge is 0.464 e. The van der Waals surface area contributed by atoms with E-state index in [1.54, 1.807) is 6.20 Å². The van der Waals surface area contributed by atoms with E-state index in [0.717, 1.165) is 11.3 Å². The standard InChI is InChI=1S/C11H12N4O2/c1-6-7(2)12-5-13-9(6)8-4-14-15-10(8)11(16)17-3/h4-5H,1-3H3,(H,14,15). The Balaban J connectivity index is 2.58. The average Bonchev–Trinajstić information content (AvgIpc) is 2.80. The summed E-state index contributed by atoms with van der Waals surface area (Å²) in [6, 6.07) is 0. The number of ether oxygens (including phenoxy) is 1. The lowest BCUT2D eigenvalue weighted by molar-refractivity contribution is 0.0595. The van der Waals surface area contributed by atoms with Gasteiger partial charge >= 0.3 is 5.97 Å². The van der Waals surface area contributed by atoms with Crippen molar-refractivity contribution in [3.8, 4) is 11.3 Å². The molecule has 2 aromatic rings. The van der Waals surface area contributed by atoms with Crippen LogP contribution in [0.4, 0.5) is 0 Å². The third-order valence-corrected chi connectivity index (χ3v) is 2.62. The van der Waals surface area contributed by atoms with Gasteiger partial charge in [0.2, 0.25) is 0 Å². The predicted molar refractivity (Wildman–Crippen MR) is 60.4 cm³/mol. The quantitative estimate of drug-likeness (QED) is 0.788. The van der Waals surface area contributed by atoms with Crippen LogP contribution in [-0.4, -0.2) is 33.2 Å². The molecule has 0 fully saturated rings. The van der Waals surface area contributed by atoms with E-state index in [2.05, 4.69) is 24.9 Å². The zero-order chi connectivity index (χ0) is 12.4. The van der Waals surface area contributed by atoms with Crippen molar-refractivity contribution in [3.05, 3.63) is 29.5 Å². The minimum Gasteiger partial charge on any atom is -0.464 e. The van der Waals surface area contributed by atoms with Crippen molar-refractivity contribution in [2.75, 3.05) is 7.11 Å². The third-order valence-electron chi connectivity index (χ3n) is 2.62. The molecule has 17 heavy (non-hydrogen) atoms. The molecule has 0 saturated heterocycles. The Labute approximate surface area is 98.1 Å². The van der Waals surface area contributed by atoms with E-state index < -0.39 is 5.97 Å². The molecule has 0 amide bonds. The Kier molecular flexibility index (Phi) is 2.86. The highest BCUT2D eigenvalue weighted by Crippen LogP contribution is 2.24. The number of H-pyrrole nitrogens is 1. The van der Waals surface area contributed by atoms with E-state index in [-0.39, 0.29) is 0 Å². The van der Waals surface area contributed by atoms with Crippen molar-refractivity contribution in [2.24, 2.45) is 0 Å². The van der Waals surface area contributed by atoms with Crippen LogP contribution in [0.5, 0.6) is 0 Å². The van der Waals surface area contributed by atoms with Gasteiger partial charge in [-0.05, 0) is 19.4 Å². The number of methoxy groups -OCH3 is 1. The number of carbonyl (C=O) groups is 1. The van der Waals surface area contributed by atoms with Gasteiger partial charge in [0.15, 0.2) is 5.69 Å². The number of aryl methyl sites for hydroxylation is 1. The second-order valence-corrected chi connectivity index (χ2v) is 3.58. The molecule has 2 heterocycles. The molecule has 0 bridgehead atoms. The van der Waals surface area contributed by atoms with Gasteiger partial charge < -0.3 is 4.74 Å². The van der Waals surface area contributed by atoms with Crippen LogP contribution in [0.2, 0.25) is 0 Å². The van der Waals surface area contributed by atoms with Crippen molar-refractivity contribution in [1.82, 2.24) is 20.2 Å². The molecule has 1 N–H and O–H groups in total. The molecule has 2 rings (SSSR count). The molecule has 0 aliphatic carbocycles. The van der Waals surface area contributed by atoms with Gasteiger partial charge in [0, 0.05) is 5.69 Å². The van der Waals surface area contributed by atoms with E-state index in [1.165, 1.54) is 13.4 Å². The molecular weight excluding hydrogens is 220 g/mol. The number of hydrogen-bond donors (Lipinski definition) is 1. The van der Waals surface area contributed by atoms with Crippen molar-refractivity contribution < 1.29 is 9.53 Å². The van der Waals surface area contributed by atoms with Gasteiger partial charge in [-0.3, -0.25) is 5.10 Å². The van der Waals surface area contributed by atoms with Gasteiger partial charge in [-0.2, -0.15) is 5.10 Å². The van der Waals surface area contributed by atoms with Gasteiger partial charge in [0.25, 0.3) is 0 Å². The van der Waals surface area contributed by atoms with Crippen molar-refractivity contribution in [3.63, 3.8) is 0 Å². The Morgan fingerprint density at radius 1 is 1.35 bits per heavy atom. The van der Waals surface area contributed by atoms with E-state index in [1.807, 2.05) is 13.8 Å². The molecule has 0 aliphatic heterocycles. The highest BCUT2D eigenvalue weighted by atomic mass is 16.5. The summed E-state index contributed by atoms with van der Waals surface area (Å²) >= 11 is 0. The first-order valence-electron chi connectivity index (χ1n) is 5.05. The third kappa shape index (κ3) is 1.89. The Morgan fingerprint density at radius 3 is 2.82 bits per heavy atom. The minimum absolute atomic E-state index is 0.300. The number of nitrogens with one attached hydrogen (secondary N) is 1. The number of rotatable bonds is 2. The fraction of sp³-hybridized carbons (Fsp3) is 0.273. The molecule has 6 heteroatoms. The summed E-state index contributed by atoms with van der Waals surface area (Å²) in [6.07, 6.45) is 3.02. The lowest BCUT2D eigenvalue weighted by Gasteiger charge is -2.05. The molecule has 0 unspecified atom stereocenters. The molecule has 0 atom stereocenters. The SMILES string of the molecule is COC(=O)c1[nH]ncc1-c1ncnc(C)c1C. The summed E-state index contributed by atoms with van der Waals surface area (Å²) in [4.78, 5) is 19.8. The number of carbonyl (C=O) groups excluding carboxylic acids is 1. The maximum atomic E-state index is 11.5. The summed E-state index contributed by atoms with van der Waals surface area (Å²) in [5.74, 6) is -0.465. The maximum Gasteiger partial charge on any atom is 0.356 e. The molecule has 0 aliphatic rings. The van der Waals surface area contributed by atoms with Crippen molar-refractivity contribution in [2.45, 2.75) is 13.8 Å². The Bertz CT molecular complexity index is 562. The van der Waals surface area contributed by atoms with Gasteiger partial charge in [-0.25, -0.2) is 14.8 Å². The van der Waals surface area contributed by atoms with Crippen LogP contribution in [0.1, 0.15) is 21.7 Å². The second-order valence-electron chi connectivity index (χ2n) is 3.58. The molecule has 0 radical (unpaired) electrons. The van der Waals surface area contributed by atoms with Gasteiger partial charge in [0.1, 0.15) is 6.33 Å². The summed E-state index contributed by atoms with van der Waals surface area (Å²) in [5.41, 5.74) is 3.39. The number of aromatic amines is 1. The predicted octanol–water partition coefficient (Wildman–Crippen LogP) is 1.27. The molecule has 2 aromatic heterocycles. The molecule has 0 spiro atoms. The van der Waals surface area contributed by atoms with Crippen LogP contribution in [0, 0.1) is 13.8 Å². The smallest absolute Gasteiger partial charge is 0.356 e. The molecule has 0 aromatic carbocycles. The molecule has 6 nitrogen and oxygen atoms in total. The minimum atomic E-state index is -0.465.